The Hall–Kier alpha value is -1.59. The van der Waals surface area contributed by atoms with Gasteiger partial charge in [0.05, 0.1) is 5.75 Å². The van der Waals surface area contributed by atoms with Gasteiger partial charge in [0.2, 0.25) is 5.91 Å². The van der Waals surface area contributed by atoms with Gasteiger partial charge in [0, 0.05) is 15.6 Å². The van der Waals surface area contributed by atoms with Gasteiger partial charge in [0.1, 0.15) is 0 Å². The first kappa shape index (κ1) is 18.7. The summed E-state index contributed by atoms with van der Waals surface area (Å²) in [6.45, 7) is 3.99. The van der Waals surface area contributed by atoms with Gasteiger partial charge in [-0.2, -0.15) is 0 Å². The van der Waals surface area contributed by atoms with Gasteiger partial charge in [-0.15, -0.1) is 11.8 Å². The van der Waals surface area contributed by atoms with E-state index in [-0.39, 0.29) is 11.7 Å². The third-order valence-corrected chi connectivity index (χ3v) is 4.95. The van der Waals surface area contributed by atoms with Crippen LogP contribution in [0.15, 0.2) is 35.2 Å². The molecule has 0 unspecified atom stereocenters. The molecule has 2 nitrogen and oxygen atoms in total. The second-order valence-corrected chi connectivity index (χ2v) is 6.64. The minimum Gasteiger partial charge on any atom is -0.325 e. The molecule has 0 aliphatic carbocycles. The lowest BCUT2D eigenvalue weighted by atomic mass is 10.0. The van der Waals surface area contributed by atoms with Gasteiger partial charge in [-0.05, 0) is 48.2 Å². The van der Waals surface area contributed by atoms with Crippen molar-refractivity contribution in [2.24, 2.45) is 0 Å². The fourth-order valence-electron chi connectivity index (χ4n) is 2.36. The van der Waals surface area contributed by atoms with Crippen LogP contribution in [0, 0.1) is 11.6 Å². The van der Waals surface area contributed by atoms with Crippen LogP contribution in [0.5, 0.6) is 0 Å². The summed E-state index contributed by atoms with van der Waals surface area (Å²) < 4.78 is 26.1. The number of thioether (sulfide) groups is 1. The van der Waals surface area contributed by atoms with E-state index in [0.29, 0.717) is 16.3 Å². The van der Waals surface area contributed by atoms with E-state index in [1.54, 1.807) is 0 Å². The number of nitrogens with one attached hydrogen (secondary N) is 1. The molecule has 24 heavy (non-hydrogen) atoms. The predicted octanol–water partition coefficient (Wildman–Crippen LogP) is 5.47. The normalized spacial score (nSPS) is 10.7. The van der Waals surface area contributed by atoms with Crippen molar-refractivity contribution in [3.8, 4) is 0 Å². The van der Waals surface area contributed by atoms with Crippen molar-refractivity contribution in [2.75, 3.05) is 11.1 Å². The molecule has 1 N–H and O–H groups in total. The van der Waals surface area contributed by atoms with Crippen molar-refractivity contribution >= 4 is 35.0 Å². The Morgan fingerprint density at radius 3 is 2.50 bits per heavy atom. The lowest BCUT2D eigenvalue weighted by molar-refractivity contribution is -0.113. The van der Waals surface area contributed by atoms with E-state index < -0.39 is 11.6 Å². The molecule has 2 aromatic rings. The summed E-state index contributed by atoms with van der Waals surface area (Å²) in [5, 5.41) is 3.53. The minimum atomic E-state index is -0.920. The Morgan fingerprint density at radius 2 is 1.88 bits per heavy atom. The summed E-state index contributed by atoms with van der Waals surface area (Å²) in [6.07, 6.45) is 1.48. The van der Waals surface area contributed by atoms with Crippen molar-refractivity contribution in [1.82, 2.24) is 0 Å². The van der Waals surface area contributed by atoms with E-state index >= 15 is 0 Å². The van der Waals surface area contributed by atoms with Crippen LogP contribution >= 0.6 is 23.4 Å². The molecule has 0 saturated heterocycles. The number of aryl methyl sites for hydroxylation is 1. The van der Waals surface area contributed by atoms with Crippen LogP contribution in [0.3, 0.4) is 0 Å². The second-order valence-electron chi connectivity index (χ2n) is 5.18. The lowest BCUT2D eigenvalue weighted by Crippen LogP contribution is -2.17. The van der Waals surface area contributed by atoms with Gasteiger partial charge in [-0.1, -0.05) is 31.5 Å². The average Bonchev–Trinajstić information content (AvgIpc) is 2.56. The van der Waals surface area contributed by atoms with Gasteiger partial charge >= 0.3 is 0 Å². The molecule has 0 radical (unpaired) electrons. The van der Waals surface area contributed by atoms with Crippen LogP contribution in [0.4, 0.5) is 14.5 Å². The molecule has 0 fully saturated rings. The van der Waals surface area contributed by atoms with Crippen molar-refractivity contribution in [2.45, 2.75) is 31.6 Å². The molecule has 0 aromatic heterocycles. The fraction of sp³-hybridized carbons (Fsp3) is 0.278. The highest BCUT2D eigenvalue weighted by Crippen LogP contribution is 2.30. The standard InChI is InChI=1S/C18H18ClF2NOS/c1-3-11-5-7-14(19)13(4-2)18(11)22-17(23)10-24-12-6-8-15(20)16(21)9-12/h5-9H,3-4,10H2,1-2H3,(H,22,23). The summed E-state index contributed by atoms with van der Waals surface area (Å²) in [5.41, 5.74) is 2.67. The molecule has 0 bridgehead atoms. The van der Waals surface area contributed by atoms with E-state index in [1.165, 1.54) is 6.07 Å². The molecule has 0 spiro atoms. The molecule has 0 saturated carbocycles. The number of hydrogen-bond donors (Lipinski definition) is 1. The number of carbonyl (C=O) groups is 1. The molecule has 0 heterocycles. The Morgan fingerprint density at radius 1 is 1.12 bits per heavy atom. The summed E-state index contributed by atoms with van der Waals surface area (Å²) in [4.78, 5) is 12.7. The van der Waals surface area contributed by atoms with Crippen LogP contribution < -0.4 is 5.32 Å². The number of amides is 1. The molecule has 0 aliphatic rings. The van der Waals surface area contributed by atoms with Crippen molar-refractivity contribution in [3.63, 3.8) is 0 Å². The highest BCUT2D eigenvalue weighted by atomic mass is 35.5. The van der Waals surface area contributed by atoms with E-state index in [4.69, 9.17) is 11.6 Å². The van der Waals surface area contributed by atoms with Crippen LogP contribution in [0.1, 0.15) is 25.0 Å². The molecule has 2 rings (SSSR count). The number of benzene rings is 2. The molecular weight excluding hydrogens is 352 g/mol. The van der Waals surface area contributed by atoms with Crippen LogP contribution in [-0.4, -0.2) is 11.7 Å². The highest BCUT2D eigenvalue weighted by molar-refractivity contribution is 8.00. The average molecular weight is 370 g/mol. The smallest absolute Gasteiger partial charge is 0.234 e. The Bertz CT molecular complexity index is 752. The van der Waals surface area contributed by atoms with Crippen LogP contribution in [-0.2, 0) is 17.6 Å². The van der Waals surface area contributed by atoms with Gasteiger partial charge in [-0.3, -0.25) is 4.79 Å². The van der Waals surface area contributed by atoms with Gasteiger partial charge < -0.3 is 5.32 Å². The number of carbonyl (C=O) groups excluding carboxylic acids is 1. The molecule has 2 aromatic carbocycles. The van der Waals surface area contributed by atoms with Gasteiger partial charge in [-0.25, -0.2) is 8.78 Å². The minimum absolute atomic E-state index is 0.101. The fourth-order valence-corrected chi connectivity index (χ4v) is 3.37. The van der Waals surface area contributed by atoms with E-state index in [9.17, 15) is 13.6 Å². The lowest BCUT2D eigenvalue weighted by Gasteiger charge is -2.16. The third kappa shape index (κ3) is 4.48. The summed E-state index contributed by atoms with van der Waals surface area (Å²) in [5.74, 6) is -1.93. The third-order valence-electron chi connectivity index (χ3n) is 3.60. The zero-order valence-corrected chi connectivity index (χ0v) is 15.0. The largest absolute Gasteiger partial charge is 0.325 e. The SMILES string of the molecule is CCc1ccc(Cl)c(CC)c1NC(=O)CSc1ccc(F)c(F)c1. The first-order chi connectivity index (χ1) is 11.5. The first-order valence-electron chi connectivity index (χ1n) is 7.64. The van der Waals surface area contributed by atoms with Crippen molar-refractivity contribution < 1.29 is 13.6 Å². The second kappa shape index (κ2) is 8.49. The number of anilines is 1. The molecular formula is C18H18ClF2NOS. The number of rotatable bonds is 6. The molecule has 1 amide bonds. The zero-order chi connectivity index (χ0) is 17.7. The summed E-state index contributed by atoms with van der Waals surface area (Å²) in [7, 11) is 0. The maximum atomic E-state index is 13.2. The molecule has 128 valence electrons. The summed E-state index contributed by atoms with van der Waals surface area (Å²) >= 11 is 7.36. The van der Waals surface area contributed by atoms with E-state index in [1.807, 2.05) is 26.0 Å². The van der Waals surface area contributed by atoms with Crippen LogP contribution in [0.2, 0.25) is 5.02 Å². The molecule has 0 aliphatic heterocycles. The number of hydrogen-bond acceptors (Lipinski definition) is 2. The molecule has 6 heteroatoms. The maximum absolute atomic E-state index is 13.2. The van der Waals surface area contributed by atoms with E-state index in [0.717, 1.165) is 47.1 Å². The zero-order valence-electron chi connectivity index (χ0n) is 13.5. The van der Waals surface area contributed by atoms with Gasteiger partial charge in [0.15, 0.2) is 11.6 Å². The quantitative estimate of drug-likeness (QED) is 0.683. The van der Waals surface area contributed by atoms with E-state index in [2.05, 4.69) is 5.32 Å². The van der Waals surface area contributed by atoms with Gasteiger partial charge in [0.25, 0.3) is 0 Å². The van der Waals surface area contributed by atoms with Crippen LogP contribution in [0.25, 0.3) is 0 Å². The Labute approximate surface area is 149 Å². The first-order valence-corrected chi connectivity index (χ1v) is 9.00. The van der Waals surface area contributed by atoms with Crippen molar-refractivity contribution in [3.05, 3.63) is 58.1 Å². The monoisotopic (exact) mass is 369 g/mol. The topological polar surface area (TPSA) is 29.1 Å². The molecule has 0 atom stereocenters. The Kier molecular flexibility index (Phi) is 6.63. The number of halogens is 3. The highest BCUT2D eigenvalue weighted by Gasteiger charge is 2.14. The maximum Gasteiger partial charge on any atom is 0.234 e. The van der Waals surface area contributed by atoms with Crippen molar-refractivity contribution in [1.29, 1.82) is 0 Å². The Balaban J connectivity index is 2.09. The predicted molar refractivity (Wildman–Crippen MR) is 95.9 cm³/mol. The summed E-state index contributed by atoms with van der Waals surface area (Å²) in [6, 6.07) is 7.33.